The number of hydrogen-bond donors (Lipinski definition) is 0. The average Bonchev–Trinajstić information content (AvgIpc) is 2.39. The molecule has 0 saturated carbocycles. The Morgan fingerprint density at radius 1 is 1.16 bits per heavy atom. The molecule has 0 spiro atoms. The van der Waals surface area contributed by atoms with Crippen LogP contribution in [0.2, 0.25) is 5.02 Å². The van der Waals surface area contributed by atoms with Gasteiger partial charge in [0.2, 0.25) is 0 Å². The van der Waals surface area contributed by atoms with Crippen LogP contribution >= 0.6 is 23.4 Å². The van der Waals surface area contributed by atoms with Gasteiger partial charge in [-0.05, 0) is 43.2 Å². The lowest BCUT2D eigenvalue weighted by atomic mass is 10.2. The first kappa shape index (κ1) is 14.0. The van der Waals surface area contributed by atoms with E-state index >= 15 is 0 Å². The normalized spacial score (nSPS) is 10.2. The Kier molecular flexibility index (Phi) is 4.52. The molecule has 0 atom stereocenters. The summed E-state index contributed by atoms with van der Waals surface area (Å²) < 4.78 is 0. The fourth-order valence-electron chi connectivity index (χ4n) is 1.85. The maximum absolute atomic E-state index is 8.81. The smallest absolute Gasteiger partial charge is 0.0992 e. The molecule has 0 aliphatic heterocycles. The zero-order chi connectivity index (χ0) is 13.8. The van der Waals surface area contributed by atoms with Crippen LogP contribution in [-0.2, 0) is 5.75 Å². The molecule has 0 heterocycles. The van der Waals surface area contributed by atoms with Crippen molar-refractivity contribution < 1.29 is 0 Å². The Morgan fingerprint density at radius 2 is 1.95 bits per heavy atom. The Labute approximate surface area is 123 Å². The van der Waals surface area contributed by atoms with Crippen molar-refractivity contribution in [3.05, 3.63) is 63.7 Å². The fraction of sp³-hybridized carbons (Fsp3) is 0.188. The van der Waals surface area contributed by atoms with Crippen LogP contribution in [0, 0.1) is 25.2 Å². The van der Waals surface area contributed by atoms with Crippen LogP contribution in [0.3, 0.4) is 0 Å². The third-order valence-corrected chi connectivity index (χ3v) is 4.47. The summed E-state index contributed by atoms with van der Waals surface area (Å²) in [5.41, 5.74) is 4.23. The number of rotatable bonds is 3. The van der Waals surface area contributed by atoms with Gasteiger partial charge in [-0.3, -0.25) is 0 Å². The van der Waals surface area contributed by atoms with E-state index in [4.69, 9.17) is 16.9 Å². The molecule has 0 saturated heterocycles. The molecule has 0 fully saturated rings. The summed E-state index contributed by atoms with van der Waals surface area (Å²) in [6.07, 6.45) is 0. The largest absolute Gasteiger partial charge is 0.192 e. The lowest BCUT2D eigenvalue weighted by molar-refractivity contribution is 1.25. The first-order chi connectivity index (χ1) is 9.10. The molecule has 19 heavy (non-hydrogen) atoms. The van der Waals surface area contributed by atoms with Crippen LogP contribution < -0.4 is 0 Å². The van der Waals surface area contributed by atoms with Gasteiger partial charge >= 0.3 is 0 Å². The van der Waals surface area contributed by atoms with E-state index < -0.39 is 0 Å². The lowest BCUT2D eigenvalue weighted by Crippen LogP contribution is -1.87. The molecule has 2 aromatic rings. The van der Waals surface area contributed by atoms with E-state index in [1.165, 1.54) is 16.0 Å². The van der Waals surface area contributed by atoms with Crippen molar-refractivity contribution >= 4 is 23.4 Å². The molecule has 0 aliphatic rings. The molecule has 0 N–H and O–H groups in total. The van der Waals surface area contributed by atoms with Crippen LogP contribution in [0.4, 0.5) is 0 Å². The summed E-state index contributed by atoms with van der Waals surface area (Å²) in [5.74, 6) is 0.814. The quantitative estimate of drug-likeness (QED) is 0.732. The van der Waals surface area contributed by atoms with Gasteiger partial charge in [0, 0.05) is 15.7 Å². The van der Waals surface area contributed by atoms with Gasteiger partial charge in [0.05, 0.1) is 11.6 Å². The van der Waals surface area contributed by atoms with Gasteiger partial charge in [0.1, 0.15) is 0 Å². The zero-order valence-electron chi connectivity index (χ0n) is 10.9. The van der Waals surface area contributed by atoms with Gasteiger partial charge in [0.15, 0.2) is 0 Å². The predicted octanol–water partition coefficient (Wildman–Crippen LogP) is 5.12. The molecule has 2 aromatic carbocycles. The van der Waals surface area contributed by atoms with Crippen LogP contribution in [0.15, 0.2) is 41.3 Å². The molecule has 0 unspecified atom stereocenters. The highest BCUT2D eigenvalue weighted by molar-refractivity contribution is 7.98. The topological polar surface area (TPSA) is 23.8 Å². The first-order valence-electron chi connectivity index (χ1n) is 5.99. The zero-order valence-corrected chi connectivity index (χ0v) is 12.5. The highest BCUT2D eigenvalue weighted by Gasteiger charge is 2.05. The number of halogens is 1. The number of hydrogen-bond acceptors (Lipinski definition) is 2. The van der Waals surface area contributed by atoms with Crippen molar-refractivity contribution in [2.45, 2.75) is 24.5 Å². The van der Waals surface area contributed by atoms with E-state index in [0.717, 1.165) is 11.3 Å². The summed E-state index contributed by atoms with van der Waals surface area (Å²) in [5, 5.41) is 9.47. The van der Waals surface area contributed by atoms with Crippen LogP contribution in [0.1, 0.15) is 22.3 Å². The Balaban J connectivity index is 2.13. The molecule has 96 valence electrons. The Bertz CT molecular complexity index is 644. The number of aryl methyl sites for hydroxylation is 2. The van der Waals surface area contributed by atoms with Gasteiger partial charge in [-0.25, -0.2) is 0 Å². The second kappa shape index (κ2) is 6.14. The Morgan fingerprint density at radius 3 is 2.58 bits per heavy atom. The van der Waals surface area contributed by atoms with Crippen molar-refractivity contribution in [3.63, 3.8) is 0 Å². The summed E-state index contributed by atoms with van der Waals surface area (Å²) in [4.78, 5) is 1.27. The SMILES string of the molecule is Cc1ccc(SCc2ccc(C#N)cc2Cl)c(C)c1. The molecule has 2 rings (SSSR count). The molecule has 0 radical (unpaired) electrons. The minimum Gasteiger partial charge on any atom is -0.192 e. The second-order valence-corrected chi connectivity index (χ2v) is 5.90. The van der Waals surface area contributed by atoms with Crippen molar-refractivity contribution in [1.82, 2.24) is 0 Å². The molecule has 1 nitrogen and oxygen atoms in total. The minimum absolute atomic E-state index is 0.602. The van der Waals surface area contributed by atoms with Gasteiger partial charge in [-0.15, -0.1) is 11.8 Å². The van der Waals surface area contributed by atoms with E-state index in [1.54, 1.807) is 17.8 Å². The fourth-order valence-corrected chi connectivity index (χ4v) is 3.19. The summed E-state index contributed by atoms with van der Waals surface area (Å²) >= 11 is 7.94. The average molecular weight is 288 g/mol. The Hall–Kier alpha value is -1.43. The number of benzene rings is 2. The molecule has 0 aliphatic carbocycles. The summed E-state index contributed by atoms with van der Waals surface area (Å²) in [7, 11) is 0. The van der Waals surface area contributed by atoms with E-state index in [1.807, 2.05) is 12.1 Å². The molecule has 0 bridgehead atoms. The third kappa shape index (κ3) is 3.53. The minimum atomic E-state index is 0.602. The third-order valence-electron chi connectivity index (χ3n) is 2.90. The van der Waals surface area contributed by atoms with Gasteiger partial charge < -0.3 is 0 Å². The van der Waals surface area contributed by atoms with Crippen LogP contribution in [0.5, 0.6) is 0 Å². The van der Waals surface area contributed by atoms with E-state index in [0.29, 0.717) is 10.6 Å². The number of thioether (sulfide) groups is 1. The van der Waals surface area contributed by atoms with Crippen LogP contribution in [-0.4, -0.2) is 0 Å². The maximum atomic E-state index is 8.81. The van der Waals surface area contributed by atoms with Crippen molar-refractivity contribution in [3.8, 4) is 6.07 Å². The highest BCUT2D eigenvalue weighted by atomic mass is 35.5. The highest BCUT2D eigenvalue weighted by Crippen LogP contribution is 2.29. The van der Waals surface area contributed by atoms with E-state index in [-0.39, 0.29) is 0 Å². The summed E-state index contributed by atoms with van der Waals surface area (Å²) in [6, 6.07) is 14.0. The standard InChI is InChI=1S/C16H14ClNS/c1-11-3-6-16(12(2)7-11)19-10-14-5-4-13(9-18)8-15(14)17/h3-8H,10H2,1-2H3. The molecular formula is C16H14ClNS. The van der Waals surface area contributed by atoms with Crippen LogP contribution in [0.25, 0.3) is 0 Å². The van der Waals surface area contributed by atoms with Gasteiger partial charge in [0.25, 0.3) is 0 Å². The predicted molar refractivity (Wildman–Crippen MR) is 81.6 cm³/mol. The van der Waals surface area contributed by atoms with Crippen molar-refractivity contribution in [1.29, 1.82) is 5.26 Å². The lowest BCUT2D eigenvalue weighted by Gasteiger charge is -2.08. The van der Waals surface area contributed by atoms with E-state index in [9.17, 15) is 0 Å². The first-order valence-corrected chi connectivity index (χ1v) is 7.35. The molecule has 3 heteroatoms. The summed E-state index contributed by atoms with van der Waals surface area (Å²) in [6.45, 7) is 4.22. The van der Waals surface area contributed by atoms with Gasteiger partial charge in [-0.1, -0.05) is 35.4 Å². The monoisotopic (exact) mass is 287 g/mol. The number of nitrogens with zero attached hydrogens (tertiary/aromatic N) is 1. The molecule has 0 aromatic heterocycles. The second-order valence-electron chi connectivity index (χ2n) is 4.48. The maximum Gasteiger partial charge on any atom is 0.0992 e. The number of nitriles is 1. The molecule has 0 amide bonds. The molecular weight excluding hydrogens is 274 g/mol. The van der Waals surface area contributed by atoms with Gasteiger partial charge in [-0.2, -0.15) is 5.26 Å². The van der Waals surface area contributed by atoms with Crippen molar-refractivity contribution in [2.75, 3.05) is 0 Å². The van der Waals surface area contributed by atoms with Crippen molar-refractivity contribution in [2.24, 2.45) is 0 Å². The van der Waals surface area contributed by atoms with E-state index in [2.05, 4.69) is 38.1 Å².